The van der Waals surface area contributed by atoms with Crippen molar-refractivity contribution in [2.24, 2.45) is 0 Å². The molecule has 2 heterocycles. The van der Waals surface area contributed by atoms with Crippen molar-refractivity contribution in [3.63, 3.8) is 0 Å². The van der Waals surface area contributed by atoms with Crippen molar-refractivity contribution in [3.8, 4) is 11.4 Å². The van der Waals surface area contributed by atoms with Crippen LogP contribution in [-0.2, 0) is 11.3 Å². The van der Waals surface area contributed by atoms with E-state index in [9.17, 15) is 14.0 Å². The van der Waals surface area contributed by atoms with Gasteiger partial charge in [-0.15, -0.1) is 0 Å². The van der Waals surface area contributed by atoms with Crippen LogP contribution in [0.15, 0.2) is 45.8 Å². The third-order valence-electron chi connectivity index (χ3n) is 3.68. The molecule has 0 spiro atoms. The number of carbonyl (C=O) groups is 1. The average Bonchev–Trinajstić information content (AvgIpc) is 2.56. The molecule has 0 radical (unpaired) electrons. The highest BCUT2D eigenvalue weighted by Gasteiger charge is 2.19. The lowest BCUT2D eigenvalue weighted by atomic mass is 10.1. The first-order valence-corrected chi connectivity index (χ1v) is 9.06. The van der Waals surface area contributed by atoms with Crippen molar-refractivity contribution in [1.29, 1.82) is 0 Å². The Bertz CT molecular complexity index is 1090. The summed E-state index contributed by atoms with van der Waals surface area (Å²) in [6, 6.07) is 7.33. The molecule has 0 atom stereocenters. The molecule has 1 aromatic carbocycles. The van der Waals surface area contributed by atoms with Gasteiger partial charge in [-0.1, -0.05) is 12.1 Å². The molecule has 6 nitrogen and oxygen atoms in total. The minimum atomic E-state index is -0.462. The van der Waals surface area contributed by atoms with Gasteiger partial charge >= 0.3 is 0 Å². The Morgan fingerprint density at radius 2 is 2.04 bits per heavy atom. The Labute approximate surface area is 163 Å². The third kappa shape index (κ3) is 4.39. The van der Waals surface area contributed by atoms with Crippen molar-refractivity contribution >= 4 is 32.9 Å². The average molecular weight is 433 g/mol. The molecular formula is C19H18BrFN4O2. The van der Waals surface area contributed by atoms with Crippen LogP contribution in [0.2, 0.25) is 0 Å². The summed E-state index contributed by atoms with van der Waals surface area (Å²) in [7, 11) is 0. The molecule has 1 N–H and O–H groups in total. The van der Waals surface area contributed by atoms with Gasteiger partial charge in [0.1, 0.15) is 18.2 Å². The minimum absolute atomic E-state index is 0.186. The molecular weight excluding hydrogens is 415 g/mol. The van der Waals surface area contributed by atoms with E-state index in [4.69, 9.17) is 0 Å². The van der Waals surface area contributed by atoms with Crippen LogP contribution >= 0.6 is 15.9 Å². The second-order valence-electron chi connectivity index (χ2n) is 7.16. The standard InChI is InChI=1S/C19H18BrFN4O2/c1-19(2,3)24-15(26)10-25-17(11-5-4-6-13(21)7-11)23-16-14(18(25)27)8-12(20)9-22-16/h4-9H,10H2,1-3H3,(H,24,26). The summed E-state index contributed by atoms with van der Waals surface area (Å²) in [5.41, 5.74) is -0.247. The van der Waals surface area contributed by atoms with Gasteiger partial charge in [0.15, 0.2) is 5.65 Å². The van der Waals surface area contributed by atoms with Crippen LogP contribution in [0.5, 0.6) is 0 Å². The van der Waals surface area contributed by atoms with E-state index in [0.29, 0.717) is 10.0 Å². The van der Waals surface area contributed by atoms with Crippen LogP contribution in [0.4, 0.5) is 4.39 Å². The number of nitrogens with zero attached hydrogens (tertiary/aromatic N) is 3. The number of hydrogen-bond acceptors (Lipinski definition) is 4. The number of pyridine rings is 1. The zero-order valence-electron chi connectivity index (χ0n) is 15.1. The molecule has 1 amide bonds. The van der Waals surface area contributed by atoms with Gasteiger partial charge in [-0.2, -0.15) is 0 Å². The predicted molar refractivity (Wildman–Crippen MR) is 105 cm³/mol. The molecule has 0 saturated heterocycles. The van der Waals surface area contributed by atoms with Crippen LogP contribution in [0.1, 0.15) is 20.8 Å². The fraction of sp³-hybridized carbons (Fsp3) is 0.263. The topological polar surface area (TPSA) is 76.9 Å². The maximum atomic E-state index is 13.7. The number of amides is 1. The van der Waals surface area contributed by atoms with Crippen LogP contribution in [0, 0.1) is 5.82 Å². The first-order chi connectivity index (χ1) is 12.6. The molecule has 0 aliphatic carbocycles. The van der Waals surface area contributed by atoms with E-state index in [1.165, 1.54) is 29.0 Å². The van der Waals surface area contributed by atoms with Gasteiger partial charge in [-0.05, 0) is 54.9 Å². The molecule has 8 heteroatoms. The molecule has 0 fully saturated rings. The Kier molecular flexibility index (Phi) is 5.10. The van der Waals surface area contributed by atoms with Gasteiger partial charge in [0.25, 0.3) is 5.56 Å². The zero-order chi connectivity index (χ0) is 19.8. The first kappa shape index (κ1) is 19.2. The molecule has 140 valence electrons. The van der Waals surface area contributed by atoms with E-state index in [0.717, 1.165) is 0 Å². The molecule has 0 saturated carbocycles. The van der Waals surface area contributed by atoms with Gasteiger partial charge in [0.05, 0.1) is 5.39 Å². The number of aromatic nitrogens is 3. The lowest BCUT2D eigenvalue weighted by Crippen LogP contribution is -2.43. The maximum Gasteiger partial charge on any atom is 0.263 e. The second-order valence-corrected chi connectivity index (χ2v) is 8.08. The lowest BCUT2D eigenvalue weighted by molar-refractivity contribution is -0.123. The fourth-order valence-corrected chi connectivity index (χ4v) is 3.01. The molecule has 3 aromatic rings. The van der Waals surface area contributed by atoms with Crippen LogP contribution < -0.4 is 10.9 Å². The summed E-state index contributed by atoms with van der Waals surface area (Å²) < 4.78 is 15.6. The molecule has 27 heavy (non-hydrogen) atoms. The van der Waals surface area contributed by atoms with Gasteiger partial charge in [0.2, 0.25) is 5.91 Å². The van der Waals surface area contributed by atoms with Crippen LogP contribution in [0.3, 0.4) is 0 Å². The van der Waals surface area contributed by atoms with Crippen LogP contribution in [0.25, 0.3) is 22.4 Å². The Morgan fingerprint density at radius 1 is 1.30 bits per heavy atom. The smallest absolute Gasteiger partial charge is 0.263 e. The van der Waals surface area contributed by atoms with E-state index in [1.807, 2.05) is 20.8 Å². The lowest BCUT2D eigenvalue weighted by Gasteiger charge is -2.21. The Balaban J connectivity index is 2.21. The normalized spacial score (nSPS) is 11.6. The minimum Gasteiger partial charge on any atom is -0.350 e. The number of rotatable bonds is 3. The van der Waals surface area contributed by atoms with E-state index < -0.39 is 16.9 Å². The number of nitrogens with one attached hydrogen (secondary N) is 1. The van der Waals surface area contributed by atoms with E-state index >= 15 is 0 Å². The van der Waals surface area contributed by atoms with Crippen molar-refractivity contribution in [1.82, 2.24) is 19.9 Å². The van der Waals surface area contributed by atoms with Gasteiger partial charge < -0.3 is 5.32 Å². The quantitative estimate of drug-likeness (QED) is 0.688. The van der Waals surface area contributed by atoms with E-state index in [1.54, 1.807) is 12.1 Å². The number of halogens is 2. The number of benzene rings is 1. The third-order valence-corrected chi connectivity index (χ3v) is 4.11. The van der Waals surface area contributed by atoms with Gasteiger partial charge in [0, 0.05) is 21.8 Å². The predicted octanol–water partition coefficient (Wildman–Crippen LogP) is 3.27. The molecule has 0 aliphatic heterocycles. The summed E-state index contributed by atoms with van der Waals surface area (Å²) in [5.74, 6) is -0.617. The summed E-state index contributed by atoms with van der Waals surface area (Å²) >= 11 is 3.29. The summed E-state index contributed by atoms with van der Waals surface area (Å²) in [6.07, 6.45) is 1.53. The van der Waals surface area contributed by atoms with Crippen molar-refractivity contribution < 1.29 is 9.18 Å². The molecule has 0 unspecified atom stereocenters. The van der Waals surface area contributed by atoms with E-state index in [-0.39, 0.29) is 29.3 Å². The Hall–Kier alpha value is -2.61. The number of carbonyl (C=O) groups excluding carboxylic acids is 1. The van der Waals surface area contributed by atoms with Gasteiger partial charge in [-0.3, -0.25) is 14.2 Å². The summed E-state index contributed by atoms with van der Waals surface area (Å²) in [4.78, 5) is 34.1. The molecule has 3 rings (SSSR count). The highest BCUT2D eigenvalue weighted by Crippen LogP contribution is 2.20. The molecule has 2 aromatic heterocycles. The highest BCUT2D eigenvalue weighted by atomic mass is 79.9. The van der Waals surface area contributed by atoms with E-state index in [2.05, 4.69) is 31.2 Å². The van der Waals surface area contributed by atoms with Gasteiger partial charge in [-0.25, -0.2) is 14.4 Å². The van der Waals surface area contributed by atoms with Crippen LogP contribution in [-0.4, -0.2) is 26.0 Å². The van der Waals surface area contributed by atoms with Crippen molar-refractivity contribution in [2.75, 3.05) is 0 Å². The first-order valence-electron chi connectivity index (χ1n) is 8.27. The largest absolute Gasteiger partial charge is 0.350 e. The number of fused-ring (bicyclic) bond motifs is 1. The molecule has 0 bridgehead atoms. The SMILES string of the molecule is CC(C)(C)NC(=O)Cn1c(-c2cccc(F)c2)nc2ncc(Br)cc2c1=O. The maximum absolute atomic E-state index is 13.7. The number of hydrogen-bond donors (Lipinski definition) is 1. The zero-order valence-corrected chi connectivity index (χ0v) is 16.7. The molecule has 0 aliphatic rings. The second kappa shape index (κ2) is 7.19. The summed E-state index contributed by atoms with van der Waals surface area (Å²) in [6.45, 7) is 5.31. The highest BCUT2D eigenvalue weighted by molar-refractivity contribution is 9.10. The van der Waals surface area contributed by atoms with Crippen molar-refractivity contribution in [2.45, 2.75) is 32.9 Å². The fourth-order valence-electron chi connectivity index (χ4n) is 2.68. The Morgan fingerprint density at radius 3 is 2.70 bits per heavy atom. The monoisotopic (exact) mass is 432 g/mol. The summed E-state index contributed by atoms with van der Waals surface area (Å²) in [5, 5.41) is 3.09. The van der Waals surface area contributed by atoms with Crippen molar-refractivity contribution in [3.05, 3.63) is 57.2 Å².